The van der Waals surface area contributed by atoms with Gasteiger partial charge in [0.15, 0.2) is 6.10 Å². The average molecular weight is 295 g/mol. The van der Waals surface area contributed by atoms with Gasteiger partial charge in [-0.3, -0.25) is 0 Å². The minimum absolute atomic E-state index is 0.0771. The van der Waals surface area contributed by atoms with E-state index in [4.69, 9.17) is 10.5 Å². The summed E-state index contributed by atoms with van der Waals surface area (Å²) in [7, 11) is 0. The van der Waals surface area contributed by atoms with Crippen LogP contribution >= 0.6 is 0 Å². The van der Waals surface area contributed by atoms with E-state index in [-0.39, 0.29) is 18.7 Å². The molecule has 0 heterocycles. The van der Waals surface area contributed by atoms with Crippen LogP contribution < -0.4 is 10.5 Å². The van der Waals surface area contributed by atoms with Crippen LogP contribution in [0.1, 0.15) is 6.42 Å². The Bertz CT molecular complexity index is 552. The highest BCUT2D eigenvalue weighted by atomic mass is 19.4. The molecule has 0 aliphatic carbocycles. The van der Waals surface area contributed by atoms with E-state index >= 15 is 0 Å². The summed E-state index contributed by atoms with van der Waals surface area (Å²) in [6, 6.07) is 16.1. The minimum atomic E-state index is -4.42. The van der Waals surface area contributed by atoms with Crippen molar-refractivity contribution in [3.05, 3.63) is 54.6 Å². The Labute approximate surface area is 121 Å². The first-order valence-corrected chi connectivity index (χ1v) is 6.59. The molecule has 0 amide bonds. The smallest absolute Gasteiger partial charge is 0.425 e. The first kappa shape index (κ1) is 15.4. The molecule has 0 saturated carbocycles. The Hall–Kier alpha value is -2.01. The van der Waals surface area contributed by atoms with Gasteiger partial charge in [-0.15, -0.1) is 0 Å². The Balaban J connectivity index is 2.12. The fourth-order valence-electron chi connectivity index (χ4n) is 1.96. The van der Waals surface area contributed by atoms with Gasteiger partial charge in [0.25, 0.3) is 0 Å². The molecule has 1 unspecified atom stereocenters. The molecule has 0 radical (unpaired) electrons. The van der Waals surface area contributed by atoms with E-state index in [2.05, 4.69) is 0 Å². The molecule has 0 aromatic heterocycles. The van der Waals surface area contributed by atoms with Crippen LogP contribution in [0.25, 0.3) is 11.1 Å². The van der Waals surface area contributed by atoms with Crippen molar-refractivity contribution in [2.75, 3.05) is 6.54 Å². The largest absolute Gasteiger partial charge is 0.481 e. The zero-order valence-electron chi connectivity index (χ0n) is 11.3. The van der Waals surface area contributed by atoms with E-state index in [1.54, 1.807) is 12.1 Å². The summed E-state index contributed by atoms with van der Waals surface area (Å²) in [4.78, 5) is 0. The van der Waals surface area contributed by atoms with Gasteiger partial charge in [-0.1, -0.05) is 42.5 Å². The second-order valence-corrected chi connectivity index (χ2v) is 4.62. The number of halogens is 3. The zero-order chi connectivity index (χ0) is 15.3. The van der Waals surface area contributed by atoms with Crippen LogP contribution in [0.3, 0.4) is 0 Å². The van der Waals surface area contributed by atoms with Crippen LogP contribution in [0, 0.1) is 0 Å². The van der Waals surface area contributed by atoms with Gasteiger partial charge in [0.2, 0.25) is 0 Å². The van der Waals surface area contributed by atoms with E-state index in [9.17, 15) is 13.2 Å². The van der Waals surface area contributed by atoms with Crippen molar-refractivity contribution < 1.29 is 17.9 Å². The average Bonchev–Trinajstić information content (AvgIpc) is 2.47. The van der Waals surface area contributed by atoms with E-state index in [0.29, 0.717) is 0 Å². The van der Waals surface area contributed by atoms with Crippen molar-refractivity contribution in [2.45, 2.75) is 18.7 Å². The van der Waals surface area contributed by atoms with Gasteiger partial charge in [0, 0.05) is 6.42 Å². The predicted octanol–water partition coefficient (Wildman–Crippen LogP) is 4.01. The first-order chi connectivity index (χ1) is 10.0. The van der Waals surface area contributed by atoms with Crippen molar-refractivity contribution >= 4 is 0 Å². The lowest BCUT2D eigenvalue weighted by molar-refractivity contribution is -0.196. The third kappa shape index (κ3) is 4.23. The summed E-state index contributed by atoms with van der Waals surface area (Å²) in [6.45, 7) is -0.0771. The fraction of sp³-hybridized carbons (Fsp3) is 0.250. The molecule has 2 aromatic rings. The van der Waals surface area contributed by atoms with Crippen LogP contribution in [0.15, 0.2) is 54.6 Å². The summed E-state index contributed by atoms with van der Waals surface area (Å²) in [6.07, 6.45) is -6.55. The van der Waals surface area contributed by atoms with E-state index in [1.165, 1.54) is 12.1 Å². The van der Waals surface area contributed by atoms with E-state index in [1.807, 2.05) is 30.3 Å². The topological polar surface area (TPSA) is 35.2 Å². The zero-order valence-corrected chi connectivity index (χ0v) is 11.3. The Kier molecular flexibility index (Phi) is 4.85. The monoisotopic (exact) mass is 295 g/mol. The van der Waals surface area contributed by atoms with Crippen molar-refractivity contribution in [1.82, 2.24) is 0 Å². The third-order valence-electron chi connectivity index (χ3n) is 3.03. The molecule has 21 heavy (non-hydrogen) atoms. The molecular weight excluding hydrogens is 279 g/mol. The third-order valence-corrected chi connectivity index (χ3v) is 3.03. The van der Waals surface area contributed by atoms with Gasteiger partial charge in [-0.05, 0) is 29.8 Å². The van der Waals surface area contributed by atoms with Crippen LogP contribution in [0.2, 0.25) is 0 Å². The standard InChI is InChI=1S/C16H16F3NO/c17-16(18,19)15(10-11-20)21-14-8-6-13(7-9-14)12-4-2-1-3-5-12/h1-9,15H,10-11,20H2. The molecule has 2 nitrogen and oxygen atoms in total. The summed E-state index contributed by atoms with van der Waals surface area (Å²) < 4.78 is 43.3. The number of rotatable bonds is 5. The number of hydrogen-bond acceptors (Lipinski definition) is 2. The number of ether oxygens (including phenoxy) is 1. The Morgan fingerprint density at radius 2 is 1.48 bits per heavy atom. The van der Waals surface area contributed by atoms with Crippen molar-refractivity contribution in [3.8, 4) is 16.9 Å². The summed E-state index contributed by atoms with van der Waals surface area (Å²) >= 11 is 0. The molecular formula is C16H16F3NO. The predicted molar refractivity (Wildman–Crippen MR) is 76.0 cm³/mol. The molecule has 112 valence electrons. The number of benzene rings is 2. The SMILES string of the molecule is NCCC(Oc1ccc(-c2ccccc2)cc1)C(F)(F)F. The van der Waals surface area contributed by atoms with Crippen LogP contribution in [-0.2, 0) is 0 Å². The van der Waals surface area contributed by atoms with Gasteiger partial charge in [0.1, 0.15) is 5.75 Å². The van der Waals surface area contributed by atoms with Gasteiger partial charge in [0.05, 0.1) is 0 Å². The maximum atomic E-state index is 12.8. The quantitative estimate of drug-likeness (QED) is 0.904. The number of alkyl halides is 3. The maximum Gasteiger partial charge on any atom is 0.425 e. The molecule has 2 N–H and O–H groups in total. The number of nitrogens with two attached hydrogens (primary N) is 1. The van der Waals surface area contributed by atoms with Gasteiger partial charge in [-0.2, -0.15) is 13.2 Å². The number of hydrogen-bond donors (Lipinski definition) is 1. The second kappa shape index (κ2) is 6.63. The molecule has 2 aromatic carbocycles. The van der Waals surface area contributed by atoms with Crippen LogP contribution in [-0.4, -0.2) is 18.8 Å². The van der Waals surface area contributed by atoms with Crippen molar-refractivity contribution in [3.63, 3.8) is 0 Å². The highest BCUT2D eigenvalue weighted by Gasteiger charge is 2.41. The van der Waals surface area contributed by atoms with Crippen molar-refractivity contribution in [1.29, 1.82) is 0 Å². The van der Waals surface area contributed by atoms with Gasteiger partial charge >= 0.3 is 6.18 Å². The molecule has 5 heteroatoms. The van der Waals surface area contributed by atoms with Gasteiger partial charge in [-0.25, -0.2) is 0 Å². The molecule has 0 fully saturated rings. The maximum absolute atomic E-state index is 12.8. The Morgan fingerprint density at radius 3 is 2.00 bits per heavy atom. The summed E-state index contributed by atoms with van der Waals surface area (Å²) in [5.74, 6) is 0.186. The lowest BCUT2D eigenvalue weighted by Gasteiger charge is -2.21. The lowest BCUT2D eigenvalue weighted by atomic mass is 10.1. The lowest BCUT2D eigenvalue weighted by Crippen LogP contribution is -2.36. The Morgan fingerprint density at radius 1 is 0.905 bits per heavy atom. The first-order valence-electron chi connectivity index (χ1n) is 6.59. The summed E-state index contributed by atoms with van der Waals surface area (Å²) in [5, 5.41) is 0. The molecule has 2 rings (SSSR count). The molecule has 1 atom stereocenters. The van der Waals surface area contributed by atoms with E-state index < -0.39 is 12.3 Å². The highest BCUT2D eigenvalue weighted by molar-refractivity contribution is 5.63. The van der Waals surface area contributed by atoms with Crippen LogP contribution in [0.5, 0.6) is 5.75 Å². The minimum Gasteiger partial charge on any atom is -0.481 e. The molecule has 0 aliphatic rings. The highest BCUT2D eigenvalue weighted by Crippen LogP contribution is 2.28. The molecule has 0 aliphatic heterocycles. The molecule has 0 saturated heterocycles. The summed E-state index contributed by atoms with van der Waals surface area (Å²) in [5.41, 5.74) is 7.12. The van der Waals surface area contributed by atoms with Gasteiger partial charge < -0.3 is 10.5 Å². The fourth-order valence-corrected chi connectivity index (χ4v) is 1.96. The van der Waals surface area contributed by atoms with Crippen LogP contribution in [0.4, 0.5) is 13.2 Å². The second-order valence-electron chi connectivity index (χ2n) is 4.62. The molecule has 0 spiro atoms. The molecule has 0 bridgehead atoms. The normalized spacial score (nSPS) is 13.0. The van der Waals surface area contributed by atoms with Crippen molar-refractivity contribution in [2.24, 2.45) is 5.73 Å². The van der Waals surface area contributed by atoms with E-state index in [0.717, 1.165) is 11.1 Å².